The van der Waals surface area contributed by atoms with Crippen LogP contribution in [0.4, 0.5) is 0 Å². The van der Waals surface area contributed by atoms with Gasteiger partial charge in [-0.05, 0) is 19.1 Å². The normalized spacial score (nSPS) is 9.50. The zero-order valence-corrected chi connectivity index (χ0v) is 7.52. The minimum absolute atomic E-state index is 0.108. The predicted molar refractivity (Wildman–Crippen MR) is 46.7 cm³/mol. The summed E-state index contributed by atoms with van der Waals surface area (Å²) in [5.41, 5.74) is 0.802. The number of hydrogen-bond donors (Lipinski definition) is 2. The lowest BCUT2D eigenvalue weighted by atomic mass is 10.3. The Labute approximate surface area is 80.0 Å². The molecule has 0 saturated heterocycles. The number of aromatic nitrogens is 2. The summed E-state index contributed by atoms with van der Waals surface area (Å²) in [7, 11) is 0. The molecule has 0 aliphatic rings. The summed E-state index contributed by atoms with van der Waals surface area (Å²) in [4.78, 5) is 21.3. The molecule has 14 heavy (non-hydrogen) atoms. The van der Waals surface area contributed by atoms with Crippen molar-refractivity contribution in [2.24, 2.45) is 0 Å². The molecular weight excluding hydrogens is 186 g/mol. The number of nitrogens with one attached hydrogen (secondary N) is 1. The Bertz CT molecular complexity index is 347. The molecule has 1 rings (SSSR count). The molecule has 0 spiro atoms. The molecule has 0 unspecified atom stereocenters. The highest BCUT2D eigenvalue weighted by Crippen LogP contribution is 1.94. The molecular formula is C8H9N3O3. The quantitative estimate of drug-likeness (QED) is 0.684. The van der Waals surface area contributed by atoms with Crippen LogP contribution in [0.15, 0.2) is 12.1 Å². The van der Waals surface area contributed by atoms with Gasteiger partial charge in [-0.3, -0.25) is 9.59 Å². The van der Waals surface area contributed by atoms with Crippen molar-refractivity contribution >= 4 is 11.9 Å². The molecule has 1 heterocycles. The number of aliphatic carboxylic acids is 1. The van der Waals surface area contributed by atoms with Gasteiger partial charge in [-0.15, -0.1) is 5.10 Å². The van der Waals surface area contributed by atoms with Crippen LogP contribution in [0.5, 0.6) is 0 Å². The van der Waals surface area contributed by atoms with E-state index in [2.05, 4.69) is 15.5 Å². The summed E-state index contributed by atoms with van der Waals surface area (Å²) in [6.45, 7) is 1.32. The second kappa shape index (κ2) is 4.31. The Balaban J connectivity index is 2.61. The zero-order valence-electron chi connectivity index (χ0n) is 7.52. The van der Waals surface area contributed by atoms with E-state index in [0.717, 1.165) is 0 Å². The number of carbonyl (C=O) groups is 2. The van der Waals surface area contributed by atoms with Gasteiger partial charge >= 0.3 is 5.97 Å². The van der Waals surface area contributed by atoms with Gasteiger partial charge in [0.2, 0.25) is 0 Å². The molecule has 0 aliphatic carbocycles. The molecule has 2 N–H and O–H groups in total. The number of carbonyl (C=O) groups excluding carboxylic acids is 1. The standard InChI is InChI=1S/C8H9N3O3/c1-5-2-3-6(11-10-5)8(14)9-4-7(12)13/h2-3H,4H2,1H3,(H,9,14)(H,12,13). The molecule has 74 valence electrons. The van der Waals surface area contributed by atoms with Crippen LogP contribution in [0.1, 0.15) is 16.2 Å². The fourth-order valence-corrected chi connectivity index (χ4v) is 0.766. The van der Waals surface area contributed by atoms with Gasteiger partial charge in [-0.1, -0.05) is 0 Å². The second-order valence-corrected chi connectivity index (χ2v) is 2.64. The monoisotopic (exact) mass is 195 g/mol. The van der Waals surface area contributed by atoms with E-state index in [-0.39, 0.29) is 5.69 Å². The Morgan fingerprint density at radius 2 is 2.14 bits per heavy atom. The number of nitrogens with zero attached hydrogens (tertiary/aromatic N) is 2. The van der Waals surface area contributed by atoms with Crippen LogP contribution in [0.2, 0.25) is 0 Å². The van der Waals surface area contributed by atoms with Gasteiger partial charge in [0, 0.05) is 0 Å². The van der Waals surface area contributed by atoms with E-state index < -0.39 is 18.4 Å². The van der Waals surface area contributed by atoms with Crippen molar-refractivity contribution in [3.8, 4) is 0 Å². The lowest BCUT2D eigenvalue weighted by Crippen LogP contribution is -2.30. The van der Waals surface area contributed by atoms with E-state index in [4.69, 9.17) is 5.11 Å². The van der Waals surface area contributed by atoms with Gasteiger partial charge in [0.1, 0.15) is 6.54 Å². The largest absolute Gasteiger partial charge is 0.480 e. The van der Waals surface area contributed by atoms with E-state index in [1.165, 1.54) is 6.07 Å². The summed E-state index contributed by atoms with van der Waals surface area (Å²) < 4.78 is 0. The van der Waals surface area contributed by atoms with E-state index in [1.54, 1.807) is 13.0 Å². The number of aryl methyl sites for hydroxylation is 1. The highest BCUT2D eigenvalue weighted by atomic mass is 16.4. The Morgan fingerprint density at radius 3 is 2.64 bits per heavy atom. The maximum Gasteiger partial charge on any atom is 0.322 e. The average Bonchev–Trinajstić information content (AvgIpc) is 2.15. The Hall–Kier alpha value is -1.98. The molecule has 6 heteroatoms. The summed E-state index contributed by atoms with van der Waals surface area (Å²) in [5, 5.41) is 17.7. The van der Waals surface area contributed by atoms with Crippen LogP contribution < -0.4 is 5.32 Å². The van der Waals surface area contributed by atoms with Gasteiger partial charge in [0.25, 0.3) is 5.91 Å². The number of carboxylic acid groups (broad SMARTS) is 1. The molecule has 1 aromatic rings. The fourth-order valence-electron chi connectivity index (χ4n) is 0.766. The molecule has 0 saturated carbocycles. The molecule has 6 nitrogen and oxygen atoms in total. The third-order valence-corrected chi connectivity index (χ3v) is 1.43. The zero-order chi connectivity index (χ0) is 10.6. The fraction of sp³-hybridized carbons (Fsp3) is 0.250. The third-order valence-electron chi connectivity index (χ3n) is 1.43. The van der Waals surface area contributed by atoms with E-state index in [1.807, 2.05) is 0 Å². The van der Waals surface area contributed by atoms with Crippen LogP contribution in [-0.4, -0.2) is 33.7 Å². The number of amides is 1. The van der Waals surface area contributed by atoms with E-state index >= 15 is 0 Å². The summed E-state index contributed by atoms with van der Waals surface area (Å²) >= 11 is 0. The first-order chi connectivity index (χ1) is 6.59. The Kier molecular flexibility index (Phi) is 3.11. The maximum atomic E-state index is 11.2. The first-order valence-corrected chi connectivity index (χ1v) is 3.90. The van der Waals surface area contributed by atoms with Crippen LogP contribution in [-0.2, 0) is 4.79 Å². The van der Waals surface area contributed by atoms with Gasteiger partial charge in [0.15, 0.2) is 5.69 Å². The smallest absolute Gasteiger partial charge is 0.322 e. The lowest BCUT2D eigenvalue weighted by Gasteiger charge is -2.00. The van der Waals surface area contributed by atoms with Crippen molar-refractivity contribution in [3.05, 3.63) is 23.5 Å². The van der Waals surface area contributed by atoms with Crippen molar-refractivity contribution in [2.75, 3.05) is 6.54 Å². The van der Waals surface area contributed by atoms with Gasteiger partial charge in [0.05, 0.1) is 5.69 Å². The predicted octanol–water partition coefficient (Wildman–Crippen LogP) is -0.401. The molecule has 0 bridgehead atoms. The van der Waals surface area contributed by atoms with Gasteiger partial charge < -0.3 is 10.4 Å². The lowest BCUT2D eigenvalue weighted by molar-refractivity contribution is -0.135. The van der Waals surface area contributed by atoms with E-state index in [0.29, 0.717) is 5.69 Å². The van der Waals surface area contributed by atoms with Gasteiger partial charge in [-0.25, -0.2) is 0 Å². The Morgan fingerprint density at radius 1 is 1.43 bits per heavy atom. The highest BCUT2D eigenvalue weighted by Gasteiger charge is 2.08. The number of rotatable bonds is 3. The molecule has 0 aliphatic heterocycles. The molecule has 1 amide bonds. The summed E-state index contributed by atoms with van der Waals surface area (Å²) in [6, 6.07) is 3.11. The van der Waals surface area contributed by atoms with Crippen molar-refractivity contribution in [2.45, 2.75) is 6.92 Å². The first-order valence-electron chi connectivity index (χ1n) is 3.90. The number of hydrogen-bond acceptors (Lipinski definition) is 4. The average molecular weight is 195 g/mol. The number of carboxylic acids is 1. The summed E-state index contributed by atoms with van der Waals surface area (Å²) in [6.07, 6.45) is 0. The molecule has 0 atom stereocenters. The topological polar surface area (TPSA) is 92.2 Å². The van der Waals surface area contributed by atoms with Crippen molar-refractivity contribution < 1.29 is 14.7 Å². The maximum absolute atomic E-state index is 11.2. The highest BCUT2D eigenvalue weighted by molar-refractivity contribution is 5.93. The summed E-state index contributed by atoms with van der Waals surface area (Å²) in [5.74, 6) is -1.64. The third kappa shape index (κ3) is 2.81. The SMILES string of the molecule is Cc1ccc(C(=O)NCC(=O)O)nn1. The van der Waals surface area contributed by atoms with Crippen LogP contribution >= 0.6 is 0 Å². The minimum Gasteiger partial charge on any atom is -0.480 e. The molecule has 0 fully saturated rings. The van der Waals surface area contributed by atoms with Crippen LogP contribution in [0, 0.1) is 6.92 Å². The van der Waals surface area contributed by atoms with Crippen molar-refractivity contribution in [1.29, 1.82) is 0 Å². The van der Waals surface area contributed by atoms with Crippen LogP contribution in [0.25, 0.3) is 0 Å². The molecule has 1 aromatic heterocycles. The second-order valence-electron chi connectivity index (χ2n) is 2.64. The molecule has 0 radical (unpaired) electrons. The minimum atomic E-state index is -1.10. The van der Waals surface area contributed by atoms with Crippen molar-refractivity contribution in [1.82, 2.24) is 15.5 Å². The van der Waals surface area contributed by atoms with Crippen LogP contribution in [0.3, 0.4) is 0 Å². The van der Waals surface area contributed by atoms with E-state index in [9.17, 15) is 9.59 Å². The molecule has 0 aromatic carbocycles. The first kappa shape index (κ1) is 10.1. The van der Waals surface area contributed by atoms with Crippen molar-refractivity contribution in [3.63, 3.8) is 0 Å². The van der Waals surface area contributed by atoms with Gasteiger partial charge in [-0.2, -0.15) is 5.10 Å².